The van der Waals surface area contributed by atoms with Gasteiger partial charge in [-0.05, 0) is 31.6 Å². The number of Topliss-reactive ketones (excluding diaryl/α,β-unsaturated/α-hetero) is 2. The Bertz CT molecular complexity index is 1010. The molecule has 0 bridgehead atoms. The lowest BCUT2D eigenvalue weighted by atomic mass is 9.95. The van der Waals surface area contributed by atoms with Crippen LogP contribution in [0.15, 0.2) is 23.5 Å². The fourth-order valence-electron chi connectivity index (χ4n) is 3.64. The summed E-state index contributed by atoms with van der Waals surface area (Å²) in [5.41, 5.74) is 0. The number of halogens is 1. The Morgan fingerprint density at radius 1 is 1.32 bits per heavy atom. The number of sulfone groups is 1. The minimum atomic E-state index is -3.40. The maximum Gasteiger partial charge on any atom is 0.196 e. The Kier molecular flexibility index (Phi) is 5.17. The van der Waals surface area contributed by atoms with Crippen LogP contribution in [0.25, 0.3) is 0 Å². The first-order valence-electron chi connectivity index (χ1n) is 9.25. The number of ketones is 2. The molecule has 2 heterocycles. The van der Waals surface area contributed by atoms with E-state index in [0.29, 0.717) is 43.5 Å². The van der Waals surface area contributed by atoms with Crippen LogP contribution in [0.2, 0.25) is 0 Å². The second kappa shape index (κ2) is 7.47. The van der Waals surface area contributed by atoms with Crippen molar-refractivity contribution in [1.82, 2.24) is 14.8 Å². The molecule has 150 valence electrons. The van der Waals surface area contributed by atoms with E-state index >= 15 is 0 Å². The van der Waals surface area contributed by atoms with Gasteiger partial charge < -0.3 is 0 Å². The van der Waals surface area contributed by atoms with Crippen LogP contribution in [0.4, 0.5) is 4.39 Å². The van der Waals surface area contributed by atoms with Crippen LogP contribution >= 0.6 is 11.3 Å². The molecule has 2 aromatic rings. The van der Waals surface area contributed by atoms with Gasteiger partial charge in [0.15, 0.2) is 20.8 Å². The van der Waals surface area contributed by atoms with E-state index in [0.717, 1.165) is 17.5 Å². The van der Waals surface area contributed by atoms with Gasteiger partial charge in [0.1, 0.15) is 21.7 Å². The Hall–Kier alpha value is -1.94. The molecule has 0 saturated heterocycles. The van der Waals surface area contributed by atoms with Gasteiger partial charge in [-0.15, -0.1) is 0 Å². The van der Waals surface area contributed by atoms with Crippen molar-refractivity contribution in [1.29, 1.82) is 0 Å². The van der Waals surface area contributed by atoms with E-state index in [9.17, 15) is 22.4 Å². The molecule has 0 aromatic carbocycles. The topological polar surface area (TPSA) is 99.0 Å². The highest BCUT2D eigenvalue weighted by Gasteiger charge is 2.38. The molecule has 0 N–H and O–H groups in total. The van der Waals surface area contributed by atoms with Crippen molar-refractivity contribution < 1.29 is 22.4 Å². The fourth-order valence-corrected chi connectivity index (χ4v) is 5.88. The van der Waals surface area contributed by atoms with E-state index in [1.165, 1.54) is 17.1 Å². The number of aromatic nitrogens is 3. The molecular formula is C18H20FN3O4S2. The quantitative estimate of drug-likeness (QED) is 0.644. The largest absolute Gasteiger partial charge is 0.300 e. The maximum absolute atomic E-state index is 13.2. The molecule has 0 unspecified atom stereocenters. The highest BCUT2D eigenvalue weighted by molar-refractivity contribution is 7.92. The van der Waals surface area contributed by atoms with Gasteiger partial charge in [0.25, 0.3) is 0 Å². The van der Waals surface area contributed by atoms with Gasteiger partial charge in [0, 0.05) is 19.0 Å². The average molecular weight is 426 g/mol. The van der Waals surface area contributed by atoms with Crippen molar-refractivity contribution >= 4 is 32.7 Å². The van der Waals surface area contributed by atoms with E-state index in [-0.39, 0.29) is 34.1 Å². The van der Waals surface area contributed by atoms with Crippen LogP contribution in [-0.2, 0) is 25.8 Å². The molecule has 4 rings (SSSR count). The second-order valence-corrected chi connectivity index (χ2v) is 10.8. The highest BCUT2D eigenvalue weighted by atomic mass is 32.2. The zero-order chi connectivity index (χ0) is 19.9. The predicted molar refractivity (Wildman–Crippen MR) is 99.2 cm³/mol. The van der Waals surface area contributed by atoms with Crippen LogP contribution in [-0.4, -0.2) is 40.0 Å². The zero-order valence-electron chi connectivity index (χ0n) is 15.1. The number of nitrogens with zero attached hydrogens (tertiary/aromatic N) is 3. The number of rotatable bonds is 8. The van der Waals surface area contributed by atoms with Crippen molar-refractivity contribution in [3.8, 4) is 0 Å². The van der Waals surface area contributed by atoms with Crippen LogP contribution in [0.5, 0.6) is 0 Å². The Balaban J connectivity index is 1.58. The van der Waals surface area contributed by atoms with Gasteiger partial charge in [-0.1, -0.05) is 11.3 Å². The first-order valence-corrected chi connectivity index (χ1v) is 11.6. The standard InChI is InChI=1S/C18H20FN3O4S2/c19-17-9-20-18(27-17)7-16(24)15(6-11-1-2-12(23)5-11)22-10-14(8-21-22)28(25,26)13-3-4-13/h8-11,13,15H,1-7H2/t11-,15+/m0/s1. The molecule has 0 aliphatic heterocycles. The van der Waals surface area contributed by atoms with Crippen molar-refractivity contribution in [2.75, 3.05) is 0 Å². The fraction of sp³-hybridized carbons (Fsp3) is 0.556. The van der Waals surface area contributed by atoms with E-state index < -0.39 is 21.0 Å². The lowest BCUT2D eigenvalue weighted by Crippen LogP contribution is -2.24. The Morgan fingerprint density at radius 2 is 2.11 bits per heavy atom. The Morgan fingerprint density at radius 3 is 2.71 bits per heavy atom. The van der Waals surface area contributed by atoms with Gasteiger partial charge >= 0.3 is 0 Å². The summed E-state index contributed by atoms with van der Waals surface area (Å²) < 4.78 is 39.5. The number of hydrogen-bond donors (Lipinski definition) is 0. The summed E-state index contributed by atoms with van der Waals surface area (Å²) in [6.45, 7) is 0. The monoisotopic (exact) mass is 425 g/mol. The van der Waals surface area contributed by atoms with Crippen molar-refractivity contribution in [2.45, 2.75) is 61.1 Å². The summed E-state index contributed by atoms with van der Waals surface area (Å²) >= 11 is 0.815. The molecule has 2 aliphatic rings. The summed E-state index contributed by atoms with van der Waals surface area (Å²) in [5.74, 6) is 0.0185. The van der Waals surface area contributed by atoms with Crippen LogP contribution < -0.4 is 0 Å². The third-order valence-electron chi connectivity index (χ3n) is 5.32. The molecule has 2 saturated carbocycles. The summed E-state index contributed by atoms with van der Waals surface area (Å²) in [7, 11) is -3.40. The number of carbonyl (C=O) groups excluding carboxylic acids is 2. The number of carbonyl (C=O) groups is 2. The van der Waals surface area contributed by atoms with Crippen molar-refractivity contribution in [2.24, 2.45) is 5.92 Å². The van der Waals surface area contributed by atoms with Crippen LogP contribution in [0.3, 0.4) is 0 Å². The smallest absolute Gasteiger partial charge is 0.196 e. The van der Waals surface area contributed by atoms with E-state index in [1.54, 1.807) is 0 Å². The first-order chi connectivity index (χ1) is 13.3. The SMILES string of the molecule is O=C1CC[C@H](C[C@H](C(=O)Cc2ncc(F)s2)n2cc(S(=O)(=O)C3CC3)cn2)C1. The summed E-state index contributed by atoms with van der Waals surface area (Å²) in [6.07, 6.45) is 7.06. The minimum absolute atomic E-state index is 0.0511. The average Bonchev–Trinajstić information content (AvgIpc) is 3.04. The van der Waals surface area contributed by atoms with E-state index in [2.05, 4.69) is 10.1 Å². The third-order valence-corrected chi connectivity index (χ3v) is 8.32. The van der Waals surface area contributed by atoms with Gasteiger partial charge in [0.2, 0.25) is 0 Å². The van der Waals surface area contributed by atoms with Crippen molar-refractivity contribution in [3.05, 3.63) is 28.7 Å². The molecule has 0 radical (unpaired) electrons. The normalized spacial score (nSPS) is 21.2. The van der Waals surface area contributed by atoms with E-state index in [1.807, 2.05) is 0 Å². The first kappa shape index (κ1) is 19.4. The van der Waals surface area contributed by atoms with Crippen LogP contribution in [0, 0.1) is 11.0 Å². The van der Waals surface area contributed by atoms with Gasteiger partial charge in [0.05, 0.1) is 24.1 Å². The third kappa shape index (κ3) is 4.07. The number of hydrogen-bond acceptors (Lipinski definition) is 7. The van der Waals surface area contributed by atoms with Gasteiger partial charge in [-0.25, -0.2) is 13.4 Å². The summed E-state index contributed by atoms with van der Waals surface area (Å²) in [6, 6.07) is -0.703. The summed E-state index contributed by atoms with van der Waals surface area (Å²) in [5, 5.41) is 3.71. The molecule has 2 aliphatic carbocycles. The summed E-state index contributed by atoms with van der Waals surface area (Å²) in [4.78, 5) is 28.6. The Labute approximate surface area is 165 Å². The van der Waals surface area contributed by atoms with Crippen LogP contribution in [0.1, 0.15) is 49.6 Å². The maximum atomic E-state index is 13.2. The lowest BCUT2D eigenvalue weighted by molar-refractivity contribution is -0.123. The zero-order valence-corrected chi connectivity index (χ0v) is 16.7. The molecule has 0 spiro atoms. The van der Waals surface area contributed by atoms with Crippen molar-refractivity contribution in [3.63, 3.8) is 0 Å². The minimum Gasteiger partial charge on any atom is -0.300 e. The lowest BCUT2D eigenvalue weighted by Gasteiger charge is -2.19. The molecule has 10 heteroatoms. The molecular weight excluding hydrogens is 405 g/mol. The molecule has 7 nitrogen and oxygen atoms in total. The van der Waals surface area contributed by atoms with Gasteiger partial charge in [-0.2, -0.15) is 9.49 Å². The molecule has 28 heavy (non-hydrogen) atoms. The molecule has 2 aromatic heterocycles. The number of thiazole rings is 1. The second-order valence-electron chi connectivity index (χ2n) is 7.50. The predicted octanol–water partition coefficient (Wildman–Crippen LogP) is 2.53. The highest BCUT2D eigenvalue weighted by Crippen LogP contribution is 2.35. The molecule has 0 amide bonds. The van der Waals surface area contributed by atoms with Gasteiger partial charge in [-0.3, -0.25) is 14.3 Å². The molecule has 2 atom stereocenters. The van der Waals surface area contributed by atoms with E-state index in [4.69, 9.17) is 0 Å². The molecule has 2 fully saturated rings.